The molecule has 1 aromatic rings. The maximum atomic E-state index is 11.9. The van der Waals surface area contributed by atoms with E-state index in [0.717, 1.165) is 24.1 Å². The third-order valence-electron chi connectivity index (χ3n) is 3.11. The number of hydrogen-bond acceptors (Lipinski definition) is 3. The summed E-state index contributed by atoms with van der Waals surface area (Å²) in [6, 6.07) is 5.73. The maximum absolute atomic E-state index is 11.9. The van der Waals surface area contributed by atoms with Crippen molar-refractivity contribution in [3.63, 3.8) is 0 Å². The molecule has 0 atom stereocenters. The summed E-state index contributed by atoms with van der Waals surface area (Å²) >= 11 is 0. The predicted octanol–water partition coefficient (Wildman–Crippen LogP) is 1.05. The zero-order valence-electron chi connectivity index (χ0n) is 11.2. The molecule has 1 saturated carbocycles. The summed E-state index contributed by atoms with van der Waals surface area (Å²) in [5, 5.41) is 8.50. The topological polar surface area (TPSA) is 70.2 Å². The van der Waals surface area contributed by atoms with E-state index in [4.69, 9.17) is 0 Å². The van der Waals surface area contributed by atoms with Crippen LogP contribution in [0.1, 0.15) is 28.8 Å². The van der Waals surface area contributed by atoms with Crippen LogP contribution in [0, 0.1) is 6.92 Å². The first-order valence-corrected chi connectivity index (χ1v) is 6.46. The molecule has 1 aromatic carbocycles. The molecule has 1 aliphatic rings. The van der Waals surface area contributed by atoms with Gasteiger partial charge in [0.2, 0.25) is 5.91 Å². The van der Waals surface area contributed by atoms with E-state index in [0.29, 0.717) is 11.6 Å². The van der Waals surface area contributed by atoms with E-state index in [9.17, 15) is 9.59 Å². The van der Waals surface area contributed by atoms with Crippen molar-refractivity contribution in [1.82, 2.24) is 10.6 Å². The molecule has 0 radical (unpaired) electrons. The van der Waals surface area contributed by atoms with Gasteiger partial charge in [0.25, 0.3) is 5.91 Å². The number of carbonyl (C=O) groups excluding carboxylic acids is 2. The van der Waals surface area contributed by atoms with E-state index < -0.39 is 0 Å². The maximum Gasteiger partial charge on any atom is 0.251 e. The minimum absolute atomic E-state index is 0.0299. The Morgan fingerprint density at radius 3 is 2.63 bits per heavy atom. The molecule has 0 heterocycles. The highest BCUT2D eigenvalue weighted by Gasteiger charge is 2.23. The lowest BCUT2D eigenvalue weighted by Gasteiger charge is -2.09. The average molecular weight is 261 g/mol. The smallest absolute Gasteiger partial charge is 0.251 e. The Labute approximate surface area is 112 Å². The van der Waals surface area contributed by atoms with Crippen LogP contribution >= 0.6 is 0 Å². The molecule has 0 aromatic heterocycles. The summed E-state index contributed by atoms with van der Waals surface area (Å²) in [6.07, 6.45) is 2.09. The van der Waals surface area contributed by atoms with Crippen LogP contribution in [0.2, 0.25) is 0 Å². The van der Waals surface area contributed by atoms with Crippen molar-refractivity contribution in [2.75, 3.05) is 18.9 Å². The molecule has 0 unspecified atom stereocenters. The lowest BCUT2D eigenvalue weighted by molar-refractivity contribution is -0.120. The van der Waals surface area contributed by atoms with Crippen molar-refractivity contribution in [1.29, 1.82) is 0 Å². The number of anilines is 1. The first kappa shape index (κ1) is 13.4. The van der Waals surface area contributed by atoms with Gasteiger partial charge in [-0.2, -0.15) is 0 Å². The van der Waals surface area contributed by atoms with Crippen molar-refractivity contribution < 1.29 is 9.59 Å². The minimum atomic E-state index is -0.225. The summed E-state index contributed by atoms with van der Waals surface area (Å²) in [6.45, 7) is 1.96. The van der Waals surface area contributed by atoms with Gasteiger partial charge in [0.15, 0.2) is 0 Å². The van der Waals surface area contributed by atoms with Crippen LogP contribution in [0.3, 0.4) is 0 Å². The molecule has 1 fully saturated rings. The summed E-state index contributed by atoms with van der Waals surface area (Å²) in [5.41, 5.74) is 2.55. The average Bonchev–Trinajstić information content (AvgIpc) is 3.19. The van der Waals surface area contributed by atoms with Gasteiger partial charge in [0, 0.05) is 24.3 Å². The number of amides is 2. The Hall–Kier alpha value is -2.04. The van der Waals surface area contributed by atoms with Gasteiger partial charge in [-0.3, -0.25) is 9.59 Å². The fourth-order valence-corrected chi connectivity index (χ4v) is 1.85. The second-order valence-electron chi connectivity index (χ2n) is 4.80. The predicted molar refractivity (Wildman–Crippen MR) is 74.2 cm³/mol. The third kappa shape index (κ3) is 3.71. The summed E-state index contributed by atoms with van der Waals surface area (Å²) < 4.78 is 0. The molecule has 5 heteroatoms. The van der Waals surface area contributed by atoms with Crippen LogP contribution in [-0.2, 0) is 4.79 Å². The van der Waals surface area contributed by atoms with Crippen LogP contribution in [0.5, 0.6) is 0 Å². The summed E-state index contributed by atoms with van der Waals surface area (Å²) in [5.74, 6) is -0.351. The van der Waals surface area contributed by atoms with E-state index in [2.05, 4.69) is 16.0 Å². The summed E-state index contributed by atoms with van der Waals surface area (Å²) in [7, 11) is 1.84. The number of nitrogens with one attached hydrogen (secondary N) is 3. The van der Waals surface area contributed by atoms with E-state index in [-0.39, 0.29) is 18.4 Å². The van der Waals surface area contributed by atoms with Crippen molar-refractivity contribution >= 4 is 17.5 Å². The molecule has 2 rings (SSSR count). The number of benzene rings is 1. The zero-order valence-corrected chi connectivity index (χ0v) is 11.2. The molecule has 0 saturated heterocycles. The van der Waals surface area contributed by atoms with Crippen molar-refractivity contribution in [2.24, 2.45) is 0 Å². The Morgan fingerprint density at radius 2 is 2.05 bits per heavy atom. The second-order valence-corrected chi connectivity index (χ2v) is 4.80. The highest BCUT2D eigenvalue weighted by atomic mass is 16.2. The fraction of sp³-hybridized carbons (Fsp3) is 0.429. The SMILES string of the molecule is CNc1ccc(C(=O)NCC(=O)NC2CC2)cc1C. The van der Waals surface area contributed by atoms with Crippen molar-refractivity contribution in [2.45, 2.75) is 25.8 Å². The van der Waals surface area contributed by atoms with Crippen LogP contribution in [0.4, 0.5) is 5.69 Å². The molecule has 0 bridgehead atoms. The monoisotopic (exact) mass is 261 g/mol. The standard InChI is InChI=1S/C14H19N3O2/c1-9-7-10(3-6-12(9)15-2)14(19)16-8-13(18)17-11-4-5-11/h3,6-7,11,15H,4-5,8H2,1-2H3,(H,16,19)(H,17,18). The second kappa shape index (κ2) is 5.73. The molecule has 19 heavy (non-hydrogen) atoms. The van der Waals surface area contributed by atoms with Gasteiger partial charge in [-0.25, -0.2) is 0 Å². The summed E-state index contributed by atoms with van der Waals surface area (Å²) in [4.78, 5) is 23.4. The van der Waals surface area contributed by atoms with Crippen LogP contribution < -0.4 is 16.0 Å². The Kier molecular flexibility index (Phi) is 4.04. The molecule has 1 aliphatic carbocycles. The minimum Gasteiger partial charge on any atom is -0.388 e. The molecule has 0 aliphatic heterocycles. The number of hydrogen-bond donors (Lipinski definition) is 3. The zero-order chi connectivity index (χ0) is 13.8. The molecule has 3 N–H and O–H groups in total. The van der Waals surface area contributed by atoms with Crippen molar-refractivity contribution in [3.05, 3.63) is 29.3 Å². The van der Waals surface area contributed by atoms with E-state index in [1.807, 2.05) is 20.0 Å². The van der Waals surface area contributed by atoms with E-state index >= 15 is 0 Å². The van der Waals surface area contributed by atoms with Gasteiger partial charge < -0.3 is 16.0 Å². The molecular formula is C14H19N3O2. The normalized spacial score (nSPS) is 13.8. The van der Waals surface area contributed by atoms with Gasteiger partial charge >= 0.3 is 0 Å². The molecule has 2 amide bonds. The van der Waals surface area contributed by atoms with Gasteiger partial charge in [0.1, 0.15) is 0 Å². The first-order valence-electron chi connectivity index (χ1n) is 6.46. The fourth-order valence-electron chi connectivity index (χ4n) is 1.85. The number of aryl methyl sites for hydroxylation is 1. The van der Waals surface area contributed by atoms with E-state index in [1.165, 1.54) is 0 Å². The van der Waals surface area contributed by atoms with Crippen LogP contribution in [0.25, 0.3) is 0 Å². The Balaban J connectivity index is 1.88. The Morgan fingerprint density at radius 1 is 1.32 bits per heavy atom. The quantitative estimate of drug-likeness (QED) is 0.742. The van der Waals surface area contributed by atoms with E-state index in [1.54, 1.807) is 12.1 Å². The van der Waals surface area contributed by atoms with Crippen LogP contribution in [0.15, 0.2) is 18.2 Å². The highest BCUT2D eigenvalue weighted by Crippen LogP contribution is 2.18. The van der Waals surface area contributed by atoms with Gasteiger partial charge in [-0.15, -0.1) is 0 Å². The molecule has 102 valence electrons. The Bertz CT molecular complexity index is 495. The van der Waals surface area contributed by atoms with Crippen LogP contribution in [-0.4, -0.2) is 31.4 Å². The molecule has 5 nitrogen and oxygen atoms in total. The highest BCUT2D eigenvalue weighted by molar-refractivity contribution is 5.97. The van der Waals surface area contributed by atoms with Gasteiger partial charge in [-0.1, -0.05) is 0 Å². The lowest BCUT2D eigenvalue weighted by atomic mass is 10.1. The lowest BCUT2D eigenvalue weighted by Crippen LogP contribution is -2.37. The molecule has 0 spiro atoms. The third-order valence-corrected chi connectivity index (χ3v) is 3.11. The van der Waals surface area contributed by atoms with Gasteiger partial charge in [-0.05, 0) is 43.5 Å². The number of rotatable bonds is 5. The first-order chi connectivity index (χ1) is 9.10. The van der Waals surface area contributed by atoms with Gasteiger partial charge in [0.05, 0.1) is 6.54 Å². The number of carbonyl (C=O) groups is 2. The molecular weight excluding hydrogens is 242 g/mol. The largest absolute Gasteiger partial charge is 0.388 e. The van der Waals surface area contributed by atoms with Crippen molar-refractivity contribution in [3.8, 4) is 0 Å².